The van der Waals surface area contributed by atoms with Gasteiger partial charge in [-0.05, 0) is 24.6 Å². The second kappa shape index (κ2) is 9.83. The molecule has 154 valence electrons. The lowest BCUT2D eigenvalue weighted by Crippen LogP contribution is -2.36. The molecule has 28 heavy (non-hydrogen) atoms. The quantitative estimate of drug-likeness (QED) is 0.505. The molecule has 1 aromatic heterocycles. The van der Waals surface area contributed by atoms with Crippen LogP contribution in [0.25, 0.3) is 0 Å². The van der Waals surface area contributed by atoms with Crippen molar-refractivity contribution in [1.82, 2.24) is 15.6 Å². The number of guanidine groups is 1. The van der Waals surface area contributed by atoms with Crippen LogP contribution in [0.5, 0.6) is 11.5 Å². The van der Waals surface area contributed by atoms with Gasteiger partial charge in [-0.15, -0.1) is 11.3 Å². The second-order valence-corrected chi connectivity index (χ2v) is 6.80. The van der Waals surface area contributed by atoms with Crippen LogP contribution in [0.1, 0.15) is 23.2 Å². The average Bonchev–Trinajstić information content (AvgIpc) is 3.13. The number of ether oxygens (including phenoxy) is 2. The minimum absolute atomic E-state index is 0.119. The molecular formula is C17H20ClF3N4O2S. The molecule has 0 fully saturated rings. The number of alkyl halides is 3. The van der Waals surface area contributed by atoms with Crippen molar-refractivity contribution in [3.63, 3.8) is 0 Å². The van der Waals surface area contributed by atoms with Crippen molar-refractivity contribution in [2.24, 2.45) is 4.99 Å². The van der Waals surface area contributed by atoms with Crippen LogP contribution < -0.4 is 20.1 Å². The van der Waals surface area contributed by atoms with E-state index < -0.39 is 11.9 Å². The lowest BCUT2D eigenvalue weighted by Gasteiger charge is -2.15. The molecule has 0 amide bonds. The van der Waals surface area contributed by atoms with E-state index in [1.165, 1.54) is 7.11 Å². The van der Waals surface area contributed by atoms with E-state index in [0.29, 0.717) is 40.6 Å². The van der Waals surface area contributed by atoms with Crippen LogP contribution in [0.3, 0.4) is 0 Å². The van der Waals surface area contributed by atoms with Gasteiger partial charge in [-0.1, -0.05) is 11.6 Å². The highest BCUT2D eigenvalue weighted by molar-refractivity contribution is 7.09. The van der Waals surface area contributed by atoms with Gasteiger partial charge in [-0.3, -0.25) is 4.99 Å². The van der Waals surface area contributed by atoms with Crippen molar-refractivity contribution in [1.29, 1.82) is 0 Å². The van der Waals surface area contributed by atoms with Crippen LogP contribution in [0.15, 0.2) is 22.5 Å². The summed E-state index contributed by atoms with van der Waals surface area (Å²) >= 11 is 7.18. The summed E-state index contributed by atoms with van der Waals surface area (Å²) in [7, 11) is 3.08. The first kappa shape index (κ1) is 22.1. The van der Waals surface area contributed by atoms with Crippen molar-refractivity contribution in [3.05, 3.63) is 38.8 Å². The predicted octanol–water partition coefficient (Wildman–Crippen LogP) is 4.09. The molecule has 2 N–H and O–H groups in total. The Balaban J connectivity index is 1.97. The molecule has 0 aliphatic carbocycles. The zero-order valence-electron chi connectivity index (χ0n) is 15.5. The van der Waals surface area contributed by atoms with Gasteiger partial charge in [-0.25, -0.2) is 4.98 Å². The molecule has 0 atom stereocenters. The highest BCUT2D eigenvalue weighted by Gasteiger charge is 2.33. The molecule has 0 aliphatic rings. The summed E-state index contributed by atoms with van der Waals surface area (Å²) in [4.78, 5) is 7.61. The third kappa shape index (κ3) is 5.90. The Morgan fingerprint density at radius 1 is 1.29 bits per heavy atom. The van der Waals surface area contributed by atoms with Crippen LogP contribution in [0.2, 0.25) is 5.02 Å². The summed E-state index contributed by atoms with van der Waals surface area (Å²) in [5, 5.41) is 7.70. The fourth-order valence-electron chi connectivity index (χ4n) is 2.25. The Kier molecular flexibility index (Phi) is 7.76. The lowest BCUT2D eigenvalue weighted by atomic mass is 10.2. The molecule has 0 saturated heterocycles. The smallest absolute Gasteiger partial charge is 0.434 e. The van der Waals surface area contributed by atoms with Gasteiger partial charge < -0.3 is 20.1 Å². The number of nitrogens with zero attached hydrogens (tertiary/aromatic N) is 2. The van der Waals surface area contributed by atoms with Crippen LogP contribution in [-0.2, 0) is 19.3 Å². The largest absolute Gasteiger partial charge is 0.493 e. The van der Waals surface area contributed by atoms with E-state index in [4.69, 9.17) is 21.1 Å². The van der Waals surface area contributed by atoms with Crippen molar-refractivity contribution >= 4 is 28.9 Å². The molecule has 1 heterocycles. The van der Waals surface area contributed by atoms with E-state index in [-0.39, 0.29) is 6.54 Å². The van der Waals surface area contributed by atoms with Gasteiger partial charge in [0.15, 0.2) is 23.2 Å². The maximum absolute atomic E-state index is 12.6. The topological polar surface area (TPSA) is 67.8 Å². The van der Waals surface area contributed by atoms with Crippen molar-refractivity contribution in [3.8, 4) is 11.5 Å². The van der Waals surface area contributed by atoms with Gasteiger partial charge in [0.2, 0.25) is 0 Å². The van der Waals surface area contributed by atoms with E-state index in [9.17, 15) is 13.2 Å². The van der Waals surface area contributed by atoms with E-state index in [0.717, 1.165) is 22.3 Å². The maximum Gasteiger partial charge on any atom is 0.434 e. The van der Waals surface area contributed by atoms with E-state index in [1.54, 1.807) is 19.2 Å². The molecule has 0 saturated carbocycles. The number of aliphatic imine (C=N–C) groups is 1. The van der Waals surface area contributed by atoms with Crippen molar-refractivity contribution in [2.45, 2.75) is 26.2 Å². The normalized spacial score (nSPS) is 12.0. The number of thiazole rings is 1. The molecular weight excluding hydrogens is 417 g/mol. The monoisotopic (exact) mass is 436 g/mol. The van der Waals surface area contributed by atoms with E-state index in [1.807, 2.05) is 6.92 Å². The standard InChI is InChI=1S/C17H20ClF3N4O2S/c1-4-27-15-11(18)5-10(6-12(15)26-3)7-23-16(22-2)24-8-14-25-13(9-28-14)17(19,20)21/h5-6,9H,4,7-8H2,1-3H3,(H2,22,23,24). The van der Waals surface area contributed by atoms with Gasteiger partial charge in [0.05, 0.1) is 25.3 Å². The maximum atomic E-state index is 12.6. The number of hydrogen-bond acceptors (Lipinski definition) is 5. The summed E-state index contributed by atoms with van der Waals surface area (Å²) in [6.07, 6.45) is -4.44. The number of methoxy groups -OCH3 is 1. The molecule has 0 radical (unpaired) electrons. The van der Waals surface area contributed by atoms with Crippen LogP contribution in [-0.4, -0.2) is 31.7 Å². The number of aromatic nitrogens is 1. The Labute approximate surface area is 169 Å². The SMILES string of the molecule is CCOc1c(Cl)cc(CNC(=NC)NCc2nc(C(F)(F)F)cs2)cc1OC. The van der Waals surface area contributed by atoms with Gasteiger partial charge >= 0.3 is 6.18 Å². The van der Waals surface area contributed by atoms with Gasteiger partial charge in [0.1, 0.15) is 5.01 Å². The second-order valence-electron chi connectivity index (χ2n) is 5.45. The van der Waals surface area contributed by atoms with Crippen molar-refractivity contribution < 1.29 is 22.6 Å². The molecule has 0 aliphatic heterocycles. The molecule has 2 rings (SSSR count). The van der Waals surface area contributed by atoms with E-state index >= 15 is 0 Å². The minimum atomic E-state index is -4.44. The van der Waals surface area contributed by atoms with E-state index in [2.05, 4.69) is 20.6 Å². The summed E-state index contributed by atoms with van der Waals surface area (Å²) in [6, 6.07) is 3.53. The summed E-state index contributed by atoms with van der Waals surface area (Å²) < 4.78 is 48.6. The third-order valence-electron chi connectivity index (χ3n) is 3.51. The van der Waals surface area contributed by atoms with Crippen LogP contribution in [0, 0.1) is 0 Å². The fraction of sp³-hybridized carbons (Fsp3) is 0.412. The van der Waals surface area contributed by atoms with Crippen molar-refractivity contribution in [2.75, 3.05) is 20.8 Å². The van der Waals surface area contributed by atoms with Gasteiger partial charge in [0, 0.05) is 19.0 Å². The Morgan fingerprint density at radius 2 is 2.00 bits per heavy atom. The first-order valence-corrected chi connectivity index (χ1v) is 9.49. The predicted molar refractivity (Wildman–Crippen MR) is 103 cm³/mol. The molecule has 0 bridgehead atoms. The molecule has 0 spiro atoms. The van der Waals surface area contributed by atoms with Crippen LogP contribution in [0.4, 0.5) is 13.2 Å². The van der Waals surface area contributed by atoms with Gasteiger partial charge in [-0.2, -0.15) is 13.2 Å². The zero-order chi connectivity index (χ0) is 20.7. The third-order valence-corrected chi connectivity index (χ3v) is 4.64. The molecule has 0 unspecified atom stereocenters. The summed E-state index contributed by atoms with van der Waals surface area (Å²) in [5.41, 5.74) is -0.0739. The zero-order valence-corrected chi connectivity index (χ0v) is 17.1. The fourth-order valence-corrected chi connectivity index (χ4v) is 3.28. The average molecular weight is 437 g/mol. The minimum Gasteiger partial charge on any atom is -0.493 e. The first-order valence-electron chi connectivity index (χ1n) is 8.23. The summed E-state index contributed by atoms with van der Waals surface area (Å²) in [6.45, 7) is 2.79. The number of rotatable bonds is 7. The number of benzene rings is 1. The summed E-state index contributed by atoms with van der Waals surface area (Å²) in [5.74, 6) is 1.39. The highest BCUT2D eigenvalue weighted by Crippen LogP contribution is 2.36. The molecule has 2 aromatic rings. The number of hydrogen-bond donors (Lipinski definition) is 2. The van der Waals surface area contributed by atoms with Crippen LogP contribution >= 0.6 is 22.9 Å². The Hall–Kier alpha value is -2.20. The molecule has 6 nitrogen and oxygen atoms in total. The Morgan fingerprint density at radius 3 is 2.57 bits per heavy atom. The Bertz CT molecular complexity index is 827. The number of halogens is 4. The van der Waals surface area contributed by atoms with Gasteiger partial charge in [0.25, 0.3) is 0 Å². The highest BCUT2D eigenvalue weighted by atomic mass is 35.5. The lowest BCUT2D eigenvalue weighted by molar-refractivity contribution is -0.140. The molecule has 11 heteroatoms. The first-order chi connectivity index (χ1) is 13.3. The number of nitrogens with one attached hydrogen (secondary N) is 2. The molecule has 1 aromatic carbocycles.